The summed E-state index contributed by atoms with van der Waals surface area (Å²) in [6.45, 7) is 2.80. The number of hydrogen-bond donors (Lipinski definition) is 1. The van der Waals surface area contributed by atoms with Gasteiger partial charge >= 0.3 is 5.97 Å². The third kappa shape index (κ3) is 3.35. The molecule has 0 heterocycles. The van der Waals surface area contributed by atoms with Gasteiger partial charge in [-0.3, -0.25) is 4.79 Å². The van der Waals surface area contributed by atoms with Crippen LogP contribution in [0.3, 0.4) is 0 Å². The zero-order chi connectivity index (χ0) is 9.68. The van der Waals surface area contributed by atoms with Gasteiger partial charge in [-0.25, -0.2) is 0 Å². The van der Waals surface area contributed by atoms with Gasteiger partial charge in [-0.1, -0.05) is 12.8 Å². The first kappa shape index (κ1) is 10.5. The van der Waals surface area contributed by atoms with Crippen molar-refractivity contribution in [2.24, 2.45) is 5.92 Å². The van der Waals surface area contributed by atoms with Crippen LogP contribution in [0.5, 0.6) is 0 Å². The Labute approximate surface area is 79.8 Å². The summed E-state index contributed by atoms with van der Waals surface area (Å²) in [4.78, 5) is 11.0. The van der Waals surface area contributed by atoms with Crippen molar-refractivity contribution in [3.05, 3.63) is 0 Å². The fraction of sp³-hybridized carbons (Fsp3) is 0.900. The Morgan fingerprint density at radius 3 is 2.69 bits per heavy atom. The number of hydrogen-bond acceptors (Lipinski definition) is 3. The summed E-state index contributed by atoms with van der Waals surface area (Å²) in [7, 11) is 1.43. The molecule has 1 saturated carbocycles. The van der Waals surface area contributed by atoms with Gasteiger partial charge in [0.05, 0.1) is 7.11 Å². The minimum Gasteiger partial charge on any atom is -0.468 e. The molecule has 1 N–H and O–H groups in total. The summed E-state index contributed by atoms with van der Waals surface area (Å²) in [5.74, 6) is 0.602. The van der Waals surface area contributed by atoms with Gasteiger partial charge in [-0.15, -0.1) is 0 Å². The Kier molecular flexibility index (Phi) is 4.22. The number of esters is 1. The van der Waals surface area contributed by atoms with Crippen LogP contribution in [-0.2, 0) is 9.53 Å². The SMILES string of the molecule is COC(=O)C(C)NCC1CCCC1. The second-order valence-electron chi connectivity index (χ2n) is 3.80. The molecular weight excluding hydrogens is 166 g/mol. The van der Waals surface area contributed by atoms with E-state index in [0.717, 1.165) is 12.5 Å². The predicted molar refractivity (Wildman–Crippen MR) is 51.4 cm³/mol. The first-order valence-electron chi connectivity index (χ1n) is 5.05. The third-order valence-electron chi connectivity index (χ3n) is 2.74. The van der Waals surface area contributed by atoms with Crippen LogP contribution in [0.15, 0.2) is 0 Å². The zero-order valence-corrected chi connectivity index (χ0v) is 8.51. The van der Waals surface area contributed by atoms with Crippen LogP contribution in [0.25, 0.3) is 0 Å². The van der Waals surface area contributed by atoms with E-state index in [9.17, 15) is 4.79 Å². The highest BCUT2D eigenvalue weighted by molar-refractivity contribution is 5.75. The number of carbonyl (C=O) groups is 1. The first-order chi connectivity index (χ1) is 6.24. The average molecular weight is 185 g/mol. The number of methoxy groups -OCH3 is 1. The molecular formula is C10H19NO2. The first-order valence-corrected chi connectivity index (χ1v) is 5.05. The summed E-state index contributed by atoms with van der Waals surface area (Å²) >= 11 is 0. The molecule has 0 radical (unpaired) electrons. The van der Waals surface area contributed by atoms with Crippen molar-refractivity contribution in [1.82, 2.24) is 5.32 Å². The van der Waals surface area contributed by atoms with Crippen molar-refractivity contribution in [2.45, 2.75) is 38.6 Å². The molecule has 1 unspecified atom stereocenters. The molecule has 3 nitrogen and oxygen atoms in total. The van der Waals surface area contributed by atoms with Gasteiger partial charge in [0, 0.05) is 0 Å². The molecule has 0 saturated heterocycles. The van der Waals surface area contributed by atoms with Crippen LogP contribution in [0, 0.1) is 5.92 Å². The molecule has 0 aromatic heterocycles. The second-order valence-corrected chi connectivity index (χ2v) is 3.80. The number of ether oxygens (including phenoxy) is 1. The molecule has 1 rings (SSSR count). The maximum absolute atomic E-state index is 11.0. The van der Waals surface area contributed by atoms with Crippen LogP contribution in [-0.4, -0.2) is 25.7 Å². The number of nitrogens with one attached hydrogen (secondary N) is 1. The molecule has 1 aliphatic carbocycles. The van der Waals surface area contributed by atoms with E-state index in [1.807, 2.05) is 6.92 Å². The molecule has 13 heavy (non-hydrogen) atoms. The van der Waals surface area contributed by atoms with E-state index in [2.05, 4.69) is 10.1 Å². The van der Waals surface area contributed by atoms with E-state index in [0.29, 0.717) is 0 Å². The molecule has 1 aliphatic rings. The standard InChI is InChI=1S/C10H19NO2/c1-8(10(12)13-2)11-7-9-5-3-4-6-9/h8-9,11H,3-7H2,1-2H3. The van der Waals surface area contributed by atoms with E-state index in [4.69, 9.17) is 0 Å². The monoisotopic (exact) mass is 185 g/mol. The normalized spacial score (nSPS) is 20.2. The Morgan fingerprint density at radius 2 is 2.15 bits per heavy atom. The highest BCUT2D eigenvalue weighted by Crippen LogP contribution is 2.23. The molecule has 0 bridgehead atoms. The van der Waals surface area contributed by atoms with Crippen LogP contribution in [0.1, 0.15) is 32.6 Å². The van der Waals surface area contributed by atoms with Crippen molar-refractivity contribution in [2.75, 3.05) is 13.7 Å². The quantitative estimate of drug-likeness (QED) is 0.671. The Balaban J connectivity index is 2.13. The van der Waals surface area contributed by atoms with Gasteiger partial charge in [0.15, 0.2) is 0 Å². The van der Waals surface area contributed by atoms with E-state index < -0.39 is 0 Å². The van der Waals surface area contributed by atoms with Crippen LogP contribution < -0.4 is 5.32 Å². The molecule has 0 aromatic rings. The maximum atomic E-state index is 11.0. The summed E-state index contributed by atoms with van der Waals surface area (Å²) in [6, 6.07) is -0.161. The van der Waals surface area contributed by atoms with Gasteiger partial charge in [-0.05, 0) is 32.2 Å². The zero-order valence-electron chi connectivity index (χ0n) is 8.51. The summed E-state index contributed by atoms with van der Waals surface area (Å²) in [5.41, 5.74) is 0. The third-order valence-corrected chi connectivity index (χ3v) is 2.74. The van der Waals surface area contributed by atoms with Crippen molar-refractivity contribution < 1.29 is 9.53 Å². The summed E-state index contributed by atoms with van der Waals surface area (Å²) in [6.07, 6.45) is 5.31. The summed E-state index contributed by atoms with van der Waals surface area (Å²) in [5, 5.41) is 3.20. The van der Waals surface area contributed by atoms with Gasteiger partial charge in [0.25, 0.3) is 0 Å². The molecule has 1 fully saturated rings. The number of carbonyl (C=O) groups excluding carboxylic acids is 1. The highest BCUT2D eigenvalue weighted by Gasteiger charge is 2.18. The summed E-state index contributed by atoms with van der Waals surface area (Å²) < 4.78 is 4.63. The lowest BCUT2D eigenvalue weighted by Gasteiger charge is -2.14. The molecule has 0 spiro atoms. The van der Waals surface area contributed by atoms with Gasteiger partial charge < -0.3 is 10.1 Å². The van der Waals surface area contributed by atoms with Gasteiger partial charge in [-0.2, -0.15) is 0 Å². The minimum atomic E-state index is -0.169. The second kappa shape index (κ2) is 5.22. The average Bonchev–Trinajstić information content (AvgIpc) is 2.65. The fourth-order valence-corrected chi connectivity index (χ4v) is 1.82. The van der Waals surface area contributed by atoms with Crippen LogP contribution in [0.2, 0.25) is 0 Å². The van der Waals surface area contributed by atoms with Crippen LogP contribution in [0.4, 0.5) is 0 Å². The van der Waals surface area contributed by atoms with Crippen molar-refractivity contribution in [1.29, 1.82) is 0 Å². The Bertz CT molecular complexity index is 164. The lowest BCUT2D eigenvalue weighted by molar-refractivity contribution is -0.142. The van der Waals surface area contributed by atoms with Crippen molar-refractivity contribution >= 4 is 5.97 Å². The van der Waals surface area contributed by atoms with Crippen LogP contribution >= 0.6 is 0 Å². The molecule has 0 aromatic carbocycles. The van der Waals surface area contributed by atoms with E-state index in [1.165, 1.54) is 32.8 Å². The lowest BCUT2D eigenvalue weighted by Crippen LogP contribution is -2.37. The molecule has 76 valence electrons. The topological polar surface area (TPSA) is 38.3 Å². The molecule has 3 heteroatoms. The minimum absolute atomic E-state index is 0.161. The van der Waals surface area contributed by atoms with Crippen molar-refractivity contribution in [3.63, 3.8) is 0 Å². The van der Waals surface area contributed by atoms with E-state index in [1.54, 1.807) is 0 Å². The van der Waals surface area contributed by atoms with Gasteiger partial charge in [0.1, 0.15) is 6.04 Å². The molecule has 0 aliphatic heterocycles. The number of rotatable bonds is 4. The smallest absolute Gasteiger partial charge is 0.322 e. The van der Waals surface area contributed by atoms with E-state index in [-0.39, 0.29) is 12.0 Å². The predicted octanol–water partition coefficient (Wildman–Crippen LogP) is 1.33. The van der Waals surface area contributed by atoms with Crippen molar-refractivity contribution in [3.8, 4) is 0 Å². The highest BCUT2D eigenvalue weighted by atomic mass is 16.5. The van der Waals surface area contributed by atoms with Gasteiger partial charge in [0.2, 0.25) is 0 Å². The Morgan fingerprint density at radius 1 is 1.54 bits per heavy atom. The largest absolute Gasteiger partial charge is 0.468 e. The molecule has 0 amide bonds. The Hall–Kier alpha value is -0.570. The molecule has 1 atom stereocenters. The fourth-order valence-electron chi connectivity index (χ4n) is 1.82. The lowest BCUT2D eigenvalue weighted by atomic mass is 10.1. The van der Waals surface area contributed by atoms with E-state index >= 15 is 0 Å². The maximum Gasteiger partial charge on any atom is 0.322 e.